The molecule has 0 radical (unpaired) electrons. The van der Waals surface area contributed by atoms with Crippen LogP contribution in [0.2, 0.25) is 0 Å². The molecule has 0 aromatic carbocycles. The molecule has 0 bridgehead atoms. The first-order valence-corrected chi connectivity index (χ1v) is 9.66. The maximum absolute atomic E-state index is 12.7. The molecular weight excluding hydrogens is 344 g/mol. The van der Waals surface area contributed by atoms with E-state index in [2.05, 4.69) is 28.9 Å². The van der Waals surface area contributed by atoms with Gasteiger partial charge in [0.25, 0.3) is 5.91 Å². The number of hydrogen-bond acceptors (Lipinski definition) is 4. The molecule has 0 saturated heterocycles. The number of carbonyl (C=O) groups excluding carboxylic acids is 2. The molecule has 2 unspecified atom stereocenters. The van der Waals surface area contributed by atoms with Crippen molar-refractivity contribution in [3.05, 3.63) is 23.8 Å². The van der Waals surface area contributed by atoms with E-state index in [1.165, 1.54) is 5.57 Å². The van der Waals surface area contributed by atoms with Crippen LogP contribution in [0.5, 0.6) is 0 Å². The summed E-state index contributed by atoms with van der Waals surface area (Å²) >= 11 is 0. The average molecular weight is 385 g/mol. The van der Waals surface area contributed by atoms with Crippen molar-refractivity contribution >= 4 is 12.0 Å². The minimum absolute atomic E-state index is 0. The zero-order chi connectivity index (χ0) is 20.7. The van der Waals surface area contributed by atoms with Crippen molar-refractivity contribution in [1.82, 2.24) is 10.6 Å². The van der Waals surface area contributed by atoms with E-state index in [1.807, 2.05) is 27.7 Å². The Balaban J connectivity index is 0. The minimum atomic E-state index is -0.796. The Labute approximate surface area is 166 Å². The Kier molecular flexibility index (Phi) is 8.54. The predicted octanol–water partition coefficient (Wildman–Crippen LogP) is 4.36. The van der Waals surface area contributed by atoms with E-state index in [1.54, 1.807) is 20.8 Å². The van der Waals surface area contributed by atoms with Gasteiger partial charge in [-0.2, -0.15) is 0 Å². The summed E-state index contributed by atoms with van der Waals surface area (Å²) in [7, 11) is 0. The third-order valence-corrected chi connectivity index (χ3v) is 3.62. The van der Waals surface area contributed by atoms with Gasteiger partial charge in [-0.05, 0) is 67.7 Å². The van der Waals surface area contributed by atoms with Crippen molar-refractivity contribution in [3.63, 3.8) is 0 Å². The summed E-state index contributed by atoms with van der Waals surface area (Å²) in [6.07, 6.45) is 7.99. The standard InChI is InChI=1S/C21H36N2O4.2H2/c1-15(13-16-11-9-8-10-12-16)23-18(24)17(26-20(2,3)4)14-22-19(25)27-21(5,6)7;;/h9,11-12,15,17H,8,10,13-14H2,1-7H3,(H,22,25)(H,23,24);2*1H. The van der Waals surface area contributed by atoms with Crippen LogP contribution in [-0.4, -0.2) is 41.9 Å². The zero-order valence-electron chi connectivity index (χ0n) is 17.8. The van der Waals surface area contributed by atoms with Crippen LogP contribution in [-0.2, 0) is 14.3 Å². The number of allylic oxidation sites excluding steroid dienone is 3. The summed E-state index contributed by atoms with van der Waals surface area (Å²) in [5.74, 6) is -0.242. The van der Waals surface area contributed by atoms with E-state index in [0.29, 0.717) is 0 Å². The van der Waals surface area contributed by atoms with E-state index >= 15 is 0 Å². The lowest BCUT2D eigenvalue weighted by Gasteiger charge is -2.28. The number of hydrogen-bond donors (Lipinski definition) is 2. The first kappa shape index (κ1) is 23.2. The molecule has 6 heteroatoms. The Morgan fingerprint density at radius 3 is 2.33 bits per heavy atom. The minimum Gasteiger partial charge on any atom is -0.444 e. The van der Waals surface area contributed by atoms with Gasteiger partial charge >= 0.3 is 6.09 Å². The first-order valence-electron chi connectivity index (χ1n) is 9.66. The van der Waals surface area contributed by atoms with Gasteiger partial charge in [0, 0.05) is 8.90 Å². The summed E-state index contributed by atoms with van der Waals surface area (Å²) in [6, 6.07) is -0.0286. The van der Waals surface area contributed by atoms with Crippen molar-refractivity contribution in [2.75, 3.05) is 6.54 Å². The van der Waals surface area contributed by atoms with Crippen LogP contribution in [0.15, 0.2) is 23.8 Å². The van der Waals surface area contributed by atoms with Gasteiger partial charge in [-0.25, -0.2) is 4.79 Å². The fraction of sp³-hybridized carbons (Fsp3) is 0.714. The van der Waals surface area contributed by atoms with Crippen molar-refractivity contribution < 1.29 is 21.9 Å². The normalized spacial score (nSPS) is 16.9. The number of alkyl carbamates (subject to hydrolysis) is 1. The zero-order valence-corrected chi connectivity index (χ0v) is 17.8. The molecule has 0 fully saturated rings. The molecule has 0 aliphatic heterocycles. The topological polar surface area (TPSA) is 76.7 Å². The SMILES string of the molecule is CC(CC1=CCCC=C1)NC(=O)C(CNC(=O)OC(C)(C)C)OC(C)(C)C.[HH].[HH]. The summed E-state index contributed by atoms with van der Waals surface area (Å²) in [5, 5.41) is 5.62. The second kappa shape index (κ2) is 9.93. The summed E-state index contributed by atoms with van der Waals surface area (Å²) in [5.41, 5.74) is 0.118. The molecule has 1 rings (SSSR count). The van der Waals surface area contributed by atoms with Crippen LogP contribution in [0.25, 0.3) is 0 Å². The van der Waals surface area contributed by atoms with Crippen LogP contribution < -0.4 is 10.6 Å². The summed E-state index contributed by atoms with van der Waals surface area (Å²) in [6.45, 7) is 13.0. The molecule has 1 aliphatic carbocycles. The molecule has 2 atom stereocenters. The molecule has 0 saturated carbocycles. The van der Waals surface area contributed by atoms with E-state index in [0.717, 1.165) is 19.3 Å². The fourth-order valence-corrected chi connectivity index (χ4v) is 2.66. The average Bonchev–Trinajstić information content (AvgIpc) is 2.49. The molecule has 27 heavy (non-hydrogen) atoms. The Morgan fingerprint density at radius 1 is 1.15 bits per heavy atom. The van der Waals surface area contributed by atoms with E-state index in [9.17, 15) is 9.59 Å². The van der Waals surface area contributed by atoms with Crippen molar-refractivity contribution in [2.45, 2.75) is 91.1 Å². The van der Waals surface area contributed by atoms with Crippen molar-refractivity contribution in [2.24, 2.45) is 0 Å². The molecule has 0 aromatic heterocycles. The van der Waals surface area contributed by atoms with Crippen molar-refractivity contribution in [1.29, 1.82) is 0 Å². The maximum atomic E-state index is 12.7. The monoisotopic (exact) mass is 384 g/mol. The number of rotatable bonds is 7. The third-order valence-electron chi connectivity index (χ3n) is 3.62. The summed E-state index contributed by atoms with van der Waals surface area (Å²) < 4.78 is 11.1. The lowest BCUT2D eigenvalue weighted by Crippen LogP contribution is -2.49. The smallest absolute Gasteiger partial charge is 0.407 e. The number of nitrogens with one attached hydrogen (secondary N) is 2. The van der Waals surface area contributed by atoms with Crippen LogP contribution >= 0.6 is 0 Å². The molecule has 2 amide bonds. The second-order valence-corrected chi connectivity index (χ2v) is 8.97. The van der Waals surface area contributed by atoms with E-state index in [-0.39, 0.29) is 21.3 Å². The van der Waals surface area contributed by atoms with Crippen molar-refractivity contribution in [3.8, 4) is 0 Å². The highest BCUT2D eigenvalue weighted by atomic mass is 16.6. The van der Waals surface area contributed by atoms with Crippen LogP contribution in [0.3, 0.4) is 0 Å². The quantitative estimate of drug-likeness (QED) is 0.684. The molecular formula is C21H40N2O4. The van der Waals surface area contributed by atoms with Gasteiger partial charge in [-0.1, -0.05) is 23.8 Å². The second-order valence-electron chi connectivity index (χ2n) is 8.97. The van der Waals surface area contributed by atoms with Gasteiger partial charge in [0.1, 0.15) is 5.60 Å². The van der Waals surface area contributed by atoms with Gasteiger partial charge in [0.2, 0.25) is 0 Å². The molecule has 0 heterocycles. The summed E-state index contributed by atoms with van der Waals surface area (Å²) in [4.78, 5) is 24.6. The third kappa shape index (κ3) is 10.8. The largest absolute Gasteiger partial charge is 0.444 e. The van der Waals surface area contributed by atoms with Crippen LogP contribution in [0.1, 0.15) is 70.6 Å². The number of amides is 2. The van der Waals surface area contributed by atoms with Gasteiger partial charge < -0.3 is 20.1 Å². The van der Waals surface area contributed by atoms with Gasteiger partial charge in [0.05, 0.1) is 12.1 Å². The Morgan fingerprint density at radius 2 is 1.81 bits per heavy atom. The van der Waals surface area contributed by atoms with E-state index in [4.69, 9.17) is 9.47 Å². The number of carbonyl (C=O) groups is 2. The number of ether oxygens (including phenoxy) is 2. The molecule has 0 spiro atoms. The highest BCUT2D eigenvalue weighted by Gasteiger charge is 2.27. The fourth-order valence-electron chi connectivity index (χ4n) is 2.66. The molecule has 1 aliphatic rings. The lowest BCUT2D eigenvalue weighted by atomic mass is 10.0. The molecule has 158 valence electrons. The van der Waals surface area contributed by atoms with Gasteiger partial charge in [-0.3, -0.25) is 4.79 Å². The predicted molar refractivity (Wildman–Crippen MR) is 112 cm³/mol. The lowest BCUT2D eigenvalue weighted by molar-refractivity contribution is -0.142. The van der Waals surface area contributed by atoms with E-state index < -0.39 is 23.4 Å². The van der Waals surface area contributed by atoms with Crippen LogP contribution in [0.4, 0.5) is 4.79 Å². The molecule has 2 N–H and O–H groups in total. The van der Waals surface area contributed by atoms with Gasteiger partial charge in [0.15, 0.2) is 6.10 Å². The van der Waals surface area contributed by atoms with Gasteiger partial charge in [-0.15, -0.1) is 0 Å². The first-order chi connectivity index (χ1) is 12.4. The Bertz CT molecular complexity index is 578. The Hall–Kier alpha value is -1.82. The maximum Gasteiger partial charge on any atom is 0.407 e. The molecule has 0 aromatic rings. The highest BCUT2D eigenvalue weighted by molar-refractivity contribution is 5.82. The highest BCUT2D eigenvalue weighted by Crippen LogP contribution is 2.16. The molecule has 6 nitrogen and oxygen atoms in total. The van der Waals surface area contributed by atoms with Crippen LogP contribution in [0, 0.1) is 0 Å².